The maximum atomic E-state index is 11.1. The van der Waals surface area contributed by atoms with E-state index in [2.05, 4.69) is 15.8 Å². The molecule has 2 rings (SSSR count). The topological polar surface area (TPSA) is 82.9 Å². The van der Waals surface area contributed by atoms with E-state index in [1.54, 1.807) is 0 Å². The molecule has 3 N–H and O–H groups in total. The van der Waals surface area contributed by atoms with Gasteiger partial charge in [0.25, 0.3) is 0 Å². The third-order valence-electron chi connectivity index (χ3n) is 3.28. The van der Waals surface area contributed by atoms with Crippen LogP contribution in [0.15, 0.2) is 29.4 Å². The van der Waals surface area contributed by atoms with Gasteiger partial charge in [-0.15, -0.1) is 0 Å². The summed E-state index contributed by atoms with van der Waals surface area (Å²) < 4.78 is 5.62. The summed E-state index contributed by atoms with van der Waals surface area (Å²) in [4.78, 5) is 11.1. The summed E-state index contributed by atoms with van der Waals surface area (Å²) in [6, 6.07) is 7.85. The summed E-state index contributed by atoms with van der Waals surface area (Å²) in [7, 11) is 0. The van der Waals surface area contributed by atoms with Crippen molar-refractivity contribution in [3.05, 3.63) is 29.8 Å². The van der Waals surface area contributed by atoms with Gasteiger partial charge in [0.15, 0.2) is 0 Å². The normalized spacial score (nSPS) is 16.2. The van der Waals surface area contributed by atoms with Crippen molar-refractivity contribution in [2.75, 3.05) is 13.2 Å². The van der Waals surface area contributed by atoms with Gasteiger partial charge in [-0.3, -0.25) is 4.79 Å². The predicted octanol–water partition coefficient (Wildman–Crippen LogP) is 1.04. The molecule has 0 spiro atoms. The average Bonchev–Trinajstić information content (AvgIpc) is 2.52. The van der Waals surface area contributed by atoms with Gasteiger partial charge < -0.3 is 15.2 Å². The zero-order valence-electron chi connectivity index (χ0n) is 13.0. The van der Waals surface area contributed by atoms with Gasteiger partial charge in [0.05, 0.1) is 5.71 Å². The summed E-state index contributed by atoms with van der Waals surface area (Å²) in [5.41, 5.74) is 4.25. The molecule has 0 bridgehead atoms. The maximum Gasteiger partial charge on any atom is 0.240 e. The van der Waals surface area contributed by atoms with Gasteiger partial charge in [0.1, 0.15) is 18.5 Å². The molecule has 0 radical (unpaired) electrons. The van der Waals surface area contributed by atoms with Crippen LogP contribution in [-0.4, -0.2) is 42.0 Å². The lowest BCUT2D eigenvalue weighted by atomic mass is 10.0. The van der Waals surface area contributed by atoms with Crippen LogP contribution in [0.2, 0.25) is 0 Å². The molecule has 0 saturated carbocycles. The van der Waals surface area contributed by atoms with Crippen LogP contribution >= 0.6 is 0 Å². The Labute approximate surface area is 130 Å². The summed E-state index contributed by atoms with van der Waals surface area (Å²) >= 11 is 0. The minimum atomic E-state index is -0.558. The molecular formula is C16H23N3O3. The molecule has 0 aromatic heterocycles. The van der Waals surface area contributed by atoms with Crippen molar-refractivity contribution in [2.45, 2.75) is 38.8 Å². The minimum Gasteiger partial charge on any atom is -0.491 e. The van der Waals surface area contributed by atoms with Crippen LogP contribution in [0.4, 0.5) is 0 Å². The fraction of sp³-hybridized carbons (Fsp3) is 0.500. The Bertz CT molecular complexity index is 543. The summed E-state index contributed by atoms with van der Waals surface area (Å²) in [5.74, 6) is 0.623. The van der Waals surface area contributed by atoms with Crippen LogP contribution in [0, 0.1) is 0 Å². The molecule has 1 aliphatic heterocycles. The molecule has 1 amide bonds. The number of ether oxygens (including phenoxy) is 1. The Morgan fingerprint density at radius 3 is 2.91 bits per heavy atom. The molecule has 1 aliphatic rings. The third-order valence-corrected chi connectivity index (χ3v) is 3.28. The highest BCUT2D eigenvalue weighted by atomic mass is 16.5. The van der Waals surface area contributed by atoms with Gasteiger partial charge in [-0.1, -0.05) is 26.0 Å². The van der Waals surface area contributed by atoms with E-state index in [0.29, 0.717) is 31.2 Å². The highest BCUT2D eigenvalue weighted by Crippen LogP contribution is 2.17. The highest BCUT2D eigenvalue weighted by molar-refractivity contribution is 6.04. The zero-order chi connectivity index (χ0) is 15.9. The second-order valence-electron chi connectivity index (χ2n) is 5.65. The van der Waals surface area contributed by atoms with E-state index in [0.717, 1.165) is 11.3 Å². The number of nitrogens with one attached hydrogen (secondary N) is 2. The quantitative estimate of drug-likeness (QED) is 0.703. The monoisotopic (exact) mass is 305 g/mol. The smallest absolute Gasteiger partial charge is 0.240 e. The second kappa shape index (κ2) is 7.91. The standard InChI is InChI=1S/C16H23N3O3/c1-11(2)17-9-13(20)10-22-14-5-3-4-12(8-14)15-6-7-16(21)19-18-15/h3-5,8,11,13,17,20H,6-7,9-10H2,1-2H3,(H,19,21). The molecule has 1 aromatic carbocycles. The van der Waals surface area contributed by atoms with Crippen LogP contribution in [0.1, 0.15) is 32.3 Å². The Kier molecular flexibility index (Phi) is 5.91. The molecule has 0 fully saturated rings. The maximum absolute atomic E-state index is 11.1. The highest BCUT2D eigenvalue weighted by Gasteiger charge is 2.14. The van der Waals surface area contributed by atoms with Crippen LogP contribution in [0.5, 0.6) is 5.75 Å². The number of benzene rings is 1. The van der Waals surface area contributed by atoms with Crippen molar-refractivity contribution in [2.24, 2.45) is 5.10 Å². The van der Waals surface area contributed by atoms with Crippen molar-refractivity contribution in [3.8, 4) is 5.75 Å². The zero-order valence-corrected chi connectivity index (χ0v) is 13.0. The molecule has 1 atom stereocenters. The van der Waals surface area contributed by atoms with E-state index < -0.39 is 6.10 Å². The molecule has 120 valence electrons. The molecule has 6 heteroatoms. The van der Waals surface area contributed by atoms with E-state index in [4.69, 9.17) is 4.74 Å². The van der Waals surface area contributed by atoms with Crippen molar-refractivity contribution in [3.63, 3.8) is 0 Å². The fourth-order valence-corrected chi connectivity index (χ4v) is 2.07. The third kappa shape index (κ3) is 5.13. The first-order valence-electron chi connectivity index (χ1n) is 7.54. The summed E-state index contributed by atoms with van der Waals surface area (Å²) in [5, 5.41) is 17.1. The Morgan fingerprint density at radius 1 is 1.41 bits per heavy atom. The fourth-order valence-electron chi connectivity index (χ4n) is 2.07. The Balaban J connectivity index is 1.90. The Hall–Kier alpha value is -1.92. The van der Waals surface area contributed by atoms with Gasteiger partial charge in [0.2, 0.25) is 5.91 Å². The Morgan fingerprint density at radius 2 is 2.23 bits per heavy atom. The first kappa shape index (κ1) is 16.5. The number of hydrogen-bond donors (Lipinski definition) is 3. The van der Waals surface area contributed by atoms with Crippen LogP contribution in [0.3, 0.4) is 0 Å². The molecule has 1 aromatic rings. The van der Waals surface area contributed by atoms with Gasteiger partial charge in [-0.05, 0) is 12.1 Å². The first-order valence-corrected chi connectivity index (χ1v) is 7.54. The molecular weight excluding hydrogens is 282 g/mol. The summed E-state index contributed by atoms with van der Waals surface area (Å²) in [6.07, 6.45) is 0.511. The molecule has 1 unspecified atom stereocenters. The number of rotatable bonds is 7. The van der Waals surface area contributed by atoms with Gasteiger partial charge in [-0.25, -0.2) is 5.43 Å². The van der Waals surface area contributed by atoms with Crippen molar-refractivity contribution in [1.29, 1.82) is 0 Å². The molecule has 0 saturated heterocycles. The summed E-state index contributed by atoms with van der Waals surface area (Å²) in [6.45, 7) is 4.78. The second-order valence-corrected chi connectivity index (χ2v) is 5.65. The number of carbonyl (C=O) groups excluding carboxylic acids is 1. The van der Waals surface area contributed by atoms with E-state index in [1.165, 1.54) is 0 Å². The van der Waals surface area contributed by atoms with E-state index in [-0.39, 0.29) is 12.5 Å². The minimum absolute atomic E-state index is 0.0584. The number of nitrogens with zero attached hydrogens (tertiary/aromatic N) is 1. The van der Waals surface area contributed by atoms with Crippen molar-refractivity contribution >= 4 is 11.6 Å². The van der Waals surface area contributed by atoms with Crippen molar-refractivity contribution in [1.82, 2.24) is 10.7 Å². The molecule has 22 heavy (non-hydrogen) atoms. The number of aliphatic hydroxyl groups excluding tert-OH is 1. The lowest BCUT2D eigenvalue weighted by Crippen LogP contribution is -2.35. The SMILES string of the molecule is CC(C)NCC(O)COc1cccc(C2=NNC(=O)CC2)c1. The van der Waals surface area contributed by atoms with Crippen molar-refractivity contribution < 1.29 is 14.6 Å². The largest absolute Gasteiger partial charge is 0.491 e. The molecule has 6 nitrogen and oxygen atoms in total. The van der Waals surface area contributed by atoms with Crippen LogP contribution in [-0.2, 0) is 4.79 Å². The number of carbonyl (C=O) groups is 1. The van der Waals surface area contributed by atoms with Gasteiger partial charge >= 0.3 is 0 Å². The van der Waals surface area contributed by atoms with E-state index in [1.807, 2.05) is 38.1 Å². The molecule has 0 aliphatic carbocycles. The first-order chi connectivity index (χ1) is 10.5. The van der Waals surface area contributed by atoms with Crippen LogP contribution < -0.4 is 15.5 Å². The van der Waals surface area contributed by atoms with Gasteiger partial charge in [-0.2, -0.15) is 5.10 Å². The van der Waals surface area contributed by atoms with Gasteiger partial charge in [0, 0.05) is 31.0 Å². The number of hydrazone groups is 1. The van der Waals surface area contributed by atoms with E-state index in [9.17, 15) is 9.90 Å². The van der Waals surface area contributed by atoms with Crippen LogP contribution in [0.25, 0.3) is 0 Å². The average molecular weight is 305 g/mol. The number of amides is 1. The molecule has 1 heterocycles. The van der Waals surface area contributed by atoms with E-state index >= 15 is 0 Å². The number of aliphatic hydroxyl groups is 1. The predicted molar refractivity (Wildman–Crippen MR) is 85.0 cm³/mol. The number of hydrogen-bond acceptors (Lipinski definition) is 5. The lowest BCUT2D eigenvalue weighted by Gasteiger charge is -2.16. The lowest BCUT2D eigenvalue weighted by molar-refractivity contribution is -0.121.